The summed E-state index contributed by atoms with van der Waals surface area (Å²) in [6.45, 7) is 0. The molecule has 0 atom stereocenters. The molecule has 0 radical (unpaired) electrons. The van der Waals surface area contributed by atoms with Crippen LogP contribution in [-0.4, -0.2) is 4.98 Å². The average molecular weight is 279 g/mol. The second-order valence-corrected chi connectivity index (χ2v) is 5.67. The lowest BCUT2D eigenvalue weighted by Crippen LogP contribution is -1.91. The molecule has 2 bridgehead atoms. The van der Waals surface area contributed by atoms with E-state index in [2.05, 4.69) is 78.9 Å². The molecule has 0 spiro atoms. The highest BCUT2D eigenvalue weighted by molar-refractivity contribution is 6.20. The van der Waals surface area contributed by atoms with E-state index >= 15 is 0 Å². The molecule has 0 amide bonds. The fraction of sp³-hybridized carbons (Fsp3) is 0. The van der Waals surface area contributed by atoms with Gasteiger partial charge in [0.1, 0.15) is 0 Å². The second-order valence-electron chi connectivity index (χ2n) is 5.67. The minimum absolute atomic E-state index is 1.06. The van der Waals surface area contributed by atoms with Gasteiger partial charge in [-0.15, -0.1) is 0 Å². The van der Waals surface area contributed by atoms with Crippen LogP contribution < -0.4 is 0 Å². The third-order valence-electron chi connectivity index (χ3n) is 4.40. The van der Waals surface area contributed by atoms with E-state index in [0.717, 1.165) is 11.0 Å². The lowest BCUT2D eigenvalue weighted by molar-refractivity contribution is 1.51. The molecule has 0 fully saturated rings. The minimum Gasteiger partial charge on any atom is -0.247 e. The van der Waals surface area contributed by atoms with Gasteiger partial charge in [-0.05, 0) is 17.0 Å². The van der Waals surface area contributed by atoms with Crippen LogP contribution in [0.2, 0.25) is 0 Å². The molecule has 0 aliphatic heterocycles. The molecule has 6 aromatic rings. The molecule has 1 heteroatoms. The second kappa shape index (κ2) is 4.28. The van der Waals surface area contributed by atoms with Gasteiger partial charge in [0.15, 0.2) is 0 Å². The van der Waals surface area contributed by atoms with Gasteiger partial charge in [0.2, 0.25) is 0 Å². The number of benzene rings is 5. The van der Waals surface area contributed by atoms with Crippen LogP contribution in [0, 0.1) is 0 Å². The van der Waals surface area contributed by atoms with Crippen molar-refractivity contribution >= 4 is 32.6 Å². The zero-order valence-corrected chi connectivity index (χ0v) is 12.0. The number of para-hydroxylation sites is 1. The van der Waals surface area contributed by atoms with Gasteiger partial charge < -0.3 is 0 Å². The first-order valence-corrected chi connectivity index (χ1v) is 7.51. The molecule has 0 saturated carbocycles. The normalized spacial score (nSPS) is 11.6. The zero-order valence-electron chi connectivity index (χ0n) is 12.0. The van der Waals surface area contributed by atoms with Crippen LogP contribution in [0.25, 0.3) is 43.7 Å². The number of hydrogen-bond acceptors (Lipinski definition) is 1. The summed E-state index contributed by atoms with van der Waals surface area (Å²) in [7, 11) is 0. The summed E-state index contributed by atoms with van der Waals surface area (Å²) in [6, 6.07) is 27.8. The third kappa shape index (κ3) is 1.51. The molecule has 102 valence electrons. The minimum atomic E-state index is 1.06. The molecule has 5 aromatic carbocycles. The Morgan fingerprint density at radius 1 is 0.591 bits per heavy atom. The zero-order chi connectivity index (χ0) is 14.5. The topological polar surface area (TPSA) is 12.9 Å². The van der Waals surface area contributed by atoms with E-state index in [9.17, 15) is 0 Å². The fourth-order valence-electron chi connectivity index (χ4n) is 3.40. The van der Waals surface area contributed by atoms with E-state index in [-0.39, 0.29) is 0 Å². The predicted octanol–water partition coefficient (Wildman–Crippen LogP) is 5.65. The first kappa shape index (κ1) is 11.7. The van der Waals surface area contributed by atoms with Crippen molar-refractivity contribution in [1.29, 1.82) is 0 Å². The summed E-state index contributed by atoms with van der Waals surface area (Å²) in [4.78, 5) is 4.92. The van der Waals surface area contributed by atoms with E-state index in [4.69, 9.17) is 4.98 Å². The van der Waals surface area contributed by atoms with Gasteiger partial charge in [-0.3, -0.25) is 0 Å². The van der Waals surface area contributed by atoms with Gasteiger partial charge in [-0.1, -0.05) is 72.8 Å². The number of hydrogen-bond donors (Lipinski definition) is 0. The van der Waals surface area contributed by atoms with Crippen molar-refractivity contribution < 1.29 is 0 Å². The van der Waals surface area contributed by atoms with Crippen LogP contribution in [-0.2, 0) is 0 Å². The highest BCUT2D eigenvalue weighted by Crippen LogP contribution is 2.39. The number of nitrogens with zero attached hydrogens (tertiary/aromatic N) is 1. The highest BCUT2D eigenvalue weighted by atomic mass is 14.7. The molecular weight excluding hydrogens is 266 g/mol. The summed E-state index contributed by atoms with van der Waals surface area (Å²) < 4.78 is 0. The van der Waals surface area contributed by atoms with Crippen molar-refractivity contribution in [2.75, 3.05) is 0 Å². The van der Waals surface area contributed by atoms with E-state index < -0.39 is 0 Å². The number of pyridine rings is 1. The first-order valence-electron chi connectivity index (χ1n) is 7.51. The van der Waals surface area contributed by atoms with Crippen molar-refractivity contribution in [3.63, 3.8) is 0 Å². The molecular formula is C21H13N. The molecule has 0 aliphatic carbocycles. The van der Waals surface area contributed by atoms with Crippen LogP contribution in [0.4, 0.5) is 0 Å². The molecule has 1 heterocycles. The molecule has 1 nitrogen and oxygen atoms in total. The molecule has 0 N–H and O–H groups in total. The maximum atomic E-state index is 4.92. The Labute approximate surface area is 128 Å². The van der Waals surface area contributed by atoms with Crippen molar-refractivity contribution in [1.82, 2.24) is 4.98 Å². The van der Waals surface area contributed by atoms with Gasteiger partial charge >= 0.3 is 0 Å². The molecule has 0 saturated heterocycles. The van der Waals surface area contributed by atoms with Crippen molar-refractivity contribution in [2.24, 2.45) is 0 Å². The van der Waals surface area contributed by atoms with Crippen molar-refractivity contribution in [2.45, 2.75) is 0 Å². The maximum Gasteiger partial charge on any atom is 0.0794 e. The monoisotopic (exact) mass is 279 g/mol. The summed E-state index contributed by atoms with van der Waals surface area (Å²) in [6.07, 6.45) is 0. The summed E-state index contributed by atoms with van der Waals surface area (Å²) in [5.74, 6) is 0. The molecule has 1 aromatic heterocycles. The molecule has 0 unspecified atom stereocenters. The highest BCUT2D eigenvalue weighted by Gasteiger charge is 2.14. The van der Waals surface area contributed by atoms with Gasteiger partial charge in [0.05, 0.1) is 11.0 Å². The standard InChI is InChI=1S/C21H13N/c1-2-6-14(7-3-1)19-17-8-4-5-9-18(17)22-21-16-12-10-15(11-13-16)20(19)21/h1-13H. The largest absolute Gasteiger partial charge is 0.247 e. The molecule has 0 aliphatic rings. The van der Waals surface area contributed by atoms with Crippen molar-refractivity contribution in [3.8, 4) is 11.1 Å². The van der Waals surface area contributed by atoms with E-state index in [1.807, 2.05) is 0 Å². The summed E-state index contributed by atoms with van der Waals surface area (Å²) >= 11 is 0. The van der Waals surface area contributed by atoms with Crippen LogP contribution in [0.1, 0.15) is 0 Å². The third-order valence-corrected chi connectivity index (χ3v) is 4.40. The fourth-order valence-corrected chi connectivity index (χ4v) is 3.40. The number of rotatable bonds is 1. The Balaban J connectivity index is 2.10. The number of fused-ring (bicyclic) bond motifs is 3. The van der Waals surface area contributed by atoms with Crippen LogP contribution in [0.3, 0.4) is 0 Å². The summed E-state index contributed by atoms with van der Waals surface area (Å²) in [5.41, 5.74) is 4.71. The SMILES string of the molecule is c1ccc(-c2c3ccccc3nc3c4ccc(cc4)c23)cc1. The van der Waals surface area contributed by atoms with E-state index in [1.165, 1.54) is 32.7 Å². The maximum absolute atomic E-state index is 4.92. The van der Waals surface area contributed by atoms with Gasteiger partial charge in [0.25, 0.3) is 0 Å². The van der Waals surface area contributed by atoms with Gasteiger partial charge in [0, 0.05) is 21.7 Å². The van der Waals surface area contributed by atoms with E-state index in [1.54, 1.807) is 0 Å². The van der Waals surface area contributed by atoms with Gasteiger partial charge in [-0.25, -0.2) is 4.98 Å². The quantitative estimate of drug-likeness (QED) is 0.361. The molecule has 22 heavy (non-hydrogen) atoms. The smallest absolute Gasteiger partial charge is 0.0794 e. The number of aromatic nitrogens is 1. The van der Waals surface area contributed by atoms with Gasteiger partial charge in [-0.2, -0.15) is 0 Å². The Bertz CT molecular complexity index is 1090. The van der Waals surface area contributed by atoms with Crippen LogP contribution >= 0.6 is 0 Å². The first-order chi connectivity index (χ1) is 10.9. The Morgan fingerprint density at radius 3 is 2.09 bits per heavy atom. The van der Waals surface area contributed by atoms with Crippen LogP contribution in [0.5, 0.6) is 0 Å². The summed E-state index contributed by atoms with van der Waals surface area (Å²) in [5, 5.41) is 4.94. The van der Waals surface area contributed by atoms with Crippen LogP contribution in [0.15, 0.2) is 78.9 Å². The Kier molecular flexibility index (Phi) is 2.28. The molecule has 6 rings (SSSR count). The van der Waals surface area contributed by atoms with E-state index in [0.29, 0.717) is 0 Å². The average Bonchev–Trinajstić information content (AvgIpc) is 2.61. The Morgan fingerprint density at radius 2 is 1.27 bits per heavy atom. The van der Waals surface area contributed by atoms with Crippen molar-refractivity contribution in [3.05, 3.63) is 78.9 Å². The lowest BCUT2D eigenvalue weighted by Gasteiger charge is -2.14. The lowest BCUT2D eigenvalue weighted by atomic mass is 9.92. The Hall–Kier alpha value is -2.93. The predicted molar refractivity (Wildman–Crippen MR) is 93.4 cm³/mol.